The number of H-pyrrole nitrogens is 1. The van der Waals surface area contributed by atoms with Crippen molar-refractivity contribution in [3.05, 3.63) is 48.4 Å². The number of carbonyl (C=O) groups excluding carboxylic acids is 1. The molecular formula is C18H16F3N7O. The molecular weight excluding hydrogens is 387 g/mol. The average Bonchev–Trinajstić information content (AvgIpc) is 3.36. The number of pyridine rings is 1. The van der Waals surface area contributed by atoms with Crippen molar-refractivity contribution in [1.29, 1.82) is 0 Å². The van der Waals surface area contributed by atoms with Gasteiger partial charge in [-0.2, -0.15) is 18.3 Å². The summed E-state index contributed by atoms with van der Waals surface area (Å²) in [5.74, 6) is -0.0400. The van der Waals surface area contributed by atoms with Crippen LogP contribution in [-0.4, -0.2) is 54.2 Å². The van der Waals surface area contributed by atoms with E-state index in [0.717, 1.165) is 4.68 Å². The van der Waals surface area contributed by atoms with Crippen LogP contribution < -0.4 is 0 Å². The molecule has 1 amide bonds. The minimum absolute atomic E-state index is 0.102. The number of carbonyl (C=O) groups is 1. The lowest BCUT2D eigenvalue weighted by molar-refractivity contribution is -0.140. The molecule has 8 nitrogen and oxygen atoms in total. The van der Waals surface area contributed by atoms with Crippen LogP contribution in [0.15, 0.2) is 37.1 Å². The van der Waals surface area contributed by atoms with Crippen LogP contribution in [0.2, 0.25) is 0 Å². The largest absolute Gasteiger partial charge is 0.435 e. The molecule has 0 bridgehead atoms. The third-order valence-corrected chi connectivity index (χ3v) is 4.44. The second-order valence-electron chi connectivity index (χ2n) is 6.74. The van der Waals surface area contributed by atoms with Gasteiger partial charge in [0.15, 0.2) is 11.5 Å². The van der Waals surface area contributed by atoms with Crippen LogP contribution in [0.25, 0.3) is 28.0 Å². The van der Waals surface area contributed by atoms with E-state index in [1.165, 1.54) is 34.4 Å². The van der Waals surface area contributed by atoms with E-state index in [1.807, 2.05) is 0 Å². The summed E-state index contributed by atoms with van der Waals surface area (Å²) in [7, 11) is 4.85. The fourth-order valence-corrected chi connectivity index (χ4v) is 3.00. The van der Waals surface area contributed by atoms with Gasteiger partial charge in [0.25, 0.3) is 5.91 Å². The third-order valence-electron chi connectivity index (χ3n) is 4.44. The Kier molecular flexibility index (Phi) is 4.17. The number of aromatic nitrogens is 6. The van der Waals surface area contributed by atoms with Crippen LogP contribution in [0.4, 0.5) is 13.2 Å². The van der Waals surface area contributed by atoms with Crippen LogP contribution in [0, 0.1) is 0 Å². The van der Waals surface area contributed by atoms with Gasteiger partial charge in [-0.25, -0.2) is 14.6 Å². The highest BCUT2D eigenvalue weighted by atomic mass is 19.4. The van der Waals surface area contributed by atoms with Gasteiger partial charge in [0, 0.05) is 45.0 Å². The second-order valence-corrected chi connectivity index (χ2v) is 6.74. The van der Waals surface area contributed by atoms with E-state index in [9.17, 15) is 18.0 Å². The highest BCUT2D eigenvalue weighted by Crippen LogP contribution is 2.36. The zero-order valence-corrected chi connectivity index (χ0v) is 15.7. The van der Waals surface area contributed by atoms with Crippen LogP contribution in [0.1, 0.15) is 16.2 Å². The number of imidazole rings is 1. The minimum Gasteiger partial charge on any atom is -0.350 e. The van der Waals surface area contributed by atoms with Gasteiger partial charge < -0.3 is 14.5 Å². The normalized spacial score (nSPS) is 11.9. The second kappa shape index (κ2) is 6.47. The molecule has 0 spiro atoms. The molecule has 4 aromatic rings. The molecule has 11 heteroatoms. The van der Waals surface area contributed by atoms with E-state index in [1.54, 1.807) is 33.3 Å². The number of amides is 1. The molecule has 0 saturated carbocycles. The summed E-state index contributed by atoms with van der Waals surface area (Å²) in [4.78, 5) is 24.6. The summed E-state index contributed by atoms with van der Waals surface area (Å²) in [6, 6.07) is 3.18. The summed E-state index contributed by atoms with van der Waals surface area (Å²) in [6.45, 7) is 0. The lowest BCUT2D eigenvalue weighted by Crippen LogP contribution is -2.21. The molecule has 1 N–H and O–H groups in total. The van der Waals surface area contributed by atoms with Gasteiger partial charge in [0.05, 0.1) is 29.3 Å². The number of hydrogen-bond donors (Lipinski definition) is 1. The predicted octanol–water partition coefficient (Wildman–Crippen LogP) is 2.87. The van der Waals surface area contributed by atoms with Crippen molar-refractivity contribution < 1.29 is 18.0 Å². The smallest absolute Gasteiger partial charge is 0.350 e. The molecule has 0 aliphatic carbocycles. The van der Waals surface area contributed by atoms with Gasteiger partial charge in [0.1, 0.15) is 5.69 Å². The Morgan fingerprint density at radius 2 is 1.97 bits per heavy atom. The summed E-state index contributed by atoms with van der Waals surface area (Å²) < 4.78 is 43.2. The maximum absolute atomic E-state index is 13.5. The number of aryl methyl sites for hydroxylation is 1. The number of fused-ring (bicyclic) bond motifs is 1. The van der Waals surface area contributed by atoms with Gasteiger partial charge in [-0.3, -0.25) is 4.79 Å². The van der Waals surface area contributed by atoms with Gasteiger partial charge in [-0.15, -0.1) is 0 Å². The first-order chi connectivity index (χ1) is 13.6. The predicted molar refractivity (Wildman–Crippen MR) is 98.4 cm³/mol. The molecule has 0 aromatic carbocycles. The molecule has 150 valence electrons. The number of rotatable bonds is 3. The number of hydrogen-bond acceptors (Lipinski definition) is 4. The maximum atomic E-state index is 13.5. The molecule has 0 radical (unpaired) electrons. The highest BCUT2D eigenvalue weighted by Gasteiger charge is 2.38. The van der Waals surface area contributed by atoms with Crippen molar-refractivity contribution in [2.24, 2.45) is 7.05 Å². The first-order valence-corrected chi connectivity index (χ1v) is 8.49. The Morgan fingerprint density at radius 1 is 1.21 bits per heavy atom. The zero-order valence-electron chi connectivity index (χ0n) is 15.7. The fraction of sp³-hybridized carbons (Fsp3) is 0.222. The molecule has 0 aliphatic heterocycles. The van der Waals surface area contributed by atoms with E-state index in [4.69, 9.17) is 0 Å². The first kappa shape index (κ1) is 18.7. The number of alkyl halides is 3. The van der Waals surface area contributed by atoms with Crippen molar-refractivity contribution in [3.63, 3.8) is 0 Å². The topological polar surface area (TPSA) is 84.6 Å². The first-order valence-electron chi connectivity index (χ1n) is 8.49. The Bertz CT molecular complexity index is 1220. The molecule has 29 heavy (non-hydrogen) atoms. The summed E-state index contributed by atoms with van der Waals surface area (Å²) >= 11 is 0. The van der Waals surface area contributed by atoms with Crippen molar-refractivity contribution in [3.8, 4) is 17.1 Å². The van der Waals surface area contributed by atoms with E-state index in [-0.39, 0.29) is 23.0 Å². The Hall–Kier alpha value is -3.63. The molecule has 4 heterocycles. The van der Waals surface area contributed by atoms with E-state index in [2.05, 4.69) is 20.1 Å². The number of nitrogens with zero attached hydrogens (tertiary/aromatic N) is 6. The fourth-order valence-electron chi connectivity index (χ4n) is 3.00. The quantitative estimate of drug-likeness (QED) is 0.570. The lowest BCUT2D eigenvalue weighted by atomic mass is 10.2. The van der Waals surface area contributed by atoms with E-state index in [0.29, 0.717) is 16.6 Å². The van der Waals surface area contributed by atoms with Crippen LogP contribution in [0.5, 0.6) is 0 Å². The molecule has 0 aliphatic rings. The Balaban J connectivity index is 1.82. The van der Waals surface area contributed by atoms with Crippen molar-refractivity contribution >= 4 is 16.8 Å². The highest BCUT2D eigenvalue weighted by molar-refractivity contribution is 5.97. The number of halogens is 3. The Labute approximate surface area is 162 Å². The standard InChI is InChI=1S/C18H16F3N7O/c1-26(2)17(29)13-4-10-6-23-15(5-12(10)24-13)28-8-11(14-7-22-9-27(14)3)16(25-28)18(19,20)21/h4-9,24H,1-3H3. The van der Waals surface area contributed by atoms with Crippen molar-refractivity contribution in [2.75, 3.05) is 14.1 Å². The SMILES string of the molecule is CN(C)C(=O)c1cc2cnc(-n3cc(-c4cncn4C)c(C(F)(F)F)n3)cc2[nH]1. The van der Waals surface area contributed by atoms with Crippen molar-refractivity contribution in [1.82, 2.24) is 34.2 Å². The van der Waals surface area contributed by atoms with Gasteiger partial charge in [0.2, 0.25) is 0 Å². The maximum Gasteiger partial charge on any atom is 0.435 e. The molecule has 4 aromatic heterocycles. The van der Waals surface area contributed by atoms with Crippen molar-refractivity contribution in [2.45, 2.75) is 6.18 Å². The van der Waals surface area contributed by atoms with Gasteiger partial charge >= 0.3 is 6.18 Å². The van der Waals surface area contributed by atoms with Gasteiger partial charge in [-0.1, -0.05) is 0 Å². The summed E-state index contributed by atoms with van der Waals surface area (Å²) in [5, 5.41) is 4.39. The summed E-state index contributed by atoms with van der Waals surface area (Å²) in [5.41, 5.74) is 0.0676. The molecule has 4 rings (SSSR count). The molecule has 0 unspecified atom stereocenters. The molecule has 0 atom stereocenters. The number of aromatic amines is 1. The lowest BCUT2D eigenvalue weighted by Gasteiger charge is -2.07. The van der Waals surface area contributed by atoms with Crippen LogP contribution in [-0.2, 0) is 13.2 Å². The van der Waals surface area contributed by atoms with Crippen LogP contribution in [0.3, 0.4) is 0 Å². The van der Waals surface area contributed by atoms with E-state index < -0.39 is 11.9 Å². The van der Waals surface area contributed by atoms with Crippen LogP contribution >= 0.6 is 0 Å². The number of nitrogens with one attached hydrogen (secondary N) is 1. The Morgan fingerprint density at radius 3 is 2.59 bits per heavy atom. The van der Waals surface area contributed by atoms with Gasteiger partial charge in [-0.05, 0) is 6.07 Å². The summed E-state index contributed by atoms with van der Waals surface area (Å²) in [6.07, 6.45) is 0.860. The third kappa shape index (κ3) is 3.24. The monoisotopic (exact) mass is 403 g/mol. The minimum atomic E-state index is -4.65. The zero-order chi connectivity index (χ0) is 20.9. The molecule has 0 fully saturated rings. The average molecular weight is 403 g/mol. The molecule has 0 saturated heterocycles. The van der Waals surface area contributed by atoms with E-state index >= 15 is 0 Å².